The van der Waals surface area contributed by atoms with E-state index in [2.05, 4.69) is 66.9 Å². The number of carbonyl (C=O) groups excluding carboxylic acids is 2. The minimum atomic E-state index is -1.58. The number of nitrogens with one attached hydrogen (secondary N) is 1. The molecule has 0 bridgehead atoms. The number of aliphatic hydroxyl groups excluding tert-OH is 5. The van der Waals surface area contributed by atoms with Gasteiger partial charge < -0.3 is 45.1 Å². The smallest absolute Gasteiger partial charge is 0.305 e. The molecule has 1 amide bonds. The summed E-state index contributed by atoms with van der Waals surface area (Å²) in [5, 5.41) is 54.3. The van der Waals surface area contributed by atoms with Crippen molar-refractivity contribution in [1.82, 2.24) is 5.32 Å². The molecular weight excluding hydrogens is 1130 g/mol. The summed E-state index contributed by atoms with van der Waals surface area (Å²) in [7, 11) is 0. The van der Waals surface area contributed by atoms with Crippen LogP contribution in [0.2, 0.25) is 0 Å². The van der Waals surface area contributed by atoms with E-state index in [1.165, 1.54) is 263 Å². The summed E-state index contributed by atoms with van der Waals surface area (Å²) < 4.78 is 16.7. The molecule has 11 nitrogen and oxygen atoms in total. The standard InChI is InChI=1S/C80H145NO10/c1-3-5-7-9-11-13-14-15-16-17-35-39-42-45-48-52-56-60-64-68-76(85)89-69-65-61-57-53-49-46-43-40-37-34-32-30-28-26-24-22-20-18-19-21-23-25-27-29-31-33-36-38-41-44-47-51-55-59-63-67-75(84)81-72(73(83)66-62-58-54-50-12-10-8-6-4-2)71-90-80-79(88)78(87)77(86)74(70-82)91-80/h4,6,12,15-16,20,22,26,28,50,62,66,72-74,77-80,82-83,86-88H,3,5,7-11,13-14,17-19,21,23-25,27,29-49,51-61,63-65,67-71H2,1-2H3,(H,81,84)/b6-4+,16-15-,22-20-,28-26-,50-12+,66-62+. The maximum absolute atomic E-state index is 13.0. The van der Waals surface area contributed by atoms with Gasteiger partial charge in [0.15, 0.2) is 6.29 Å². The molecule has 0 saturated carbocycles. The van der Waals surface area contributed by atoms with Gasteiger partial charge in [-0.2, -0.15) is 0 Å². The van der Waals surface area contributed by atoms with Crippen LogP contribution < -0.4 is 5.32 Å². The molecular formula is C80H145NO10. The fourth-order valence-corrected chi connectivity index (χ4v) is 12.0. The molecule has 0 aromatic carbocycles. The van der Waals surface area contributed by atoms with Gasteiger partial charge in [-0.1, -0.05) is 311 Å². The number of allylic oxidation sites excluding steroid dienone is 11. The minimum Gasteiger partial charge on any atom is -0.466 e. The molecule has 91 heavy (non-hydrogen) atoms. The number of hydrogen-bond acceptors (Lipinski definition) is 10. The van der Waals surface area contributed by atoms with Crippen LogP contribution in [0.5, 0.6) is 0 Å². The number of amides is 1. The van der Waals surface area contributed by atoms with Crippen LogP contribution in [0.3, 0.4) is 0 Å². The molecule has 0 spiro atoms. The summed E-state index contributed by atoms with van der Waals surface area (Å²) in [6, 6.07) is -0.833. The first kappa shape index (κ1) is 86.1. The summed E-state index contributed by atoms with van der Waals surface area (Å²) in [6.07, 6.45) is 84.0. The van der Waals surface area contributed by atoms with Crippen LogP contribution in [-0.4, -0.2) is 100 Å². The van der Waals surface area contributed by atoms with Gasteiger partial charge in [0.2, 0.25) is 5.91 Å². The van der Waals surface area contributed by atoms with Crippen LogP contribution in [0.25, 0.3) is 0 Å². The van der Waals surface area contributed by atoms with Gasteiger partial charge in [-0.3, -0.25) is 9.59 Å². The lowest BCUT2D eigenvalue weighted by atomic mass is 9.99. The zero-order valence-electron chi connectivity index (χ0n) is 59.1. The van der Waals surface area contributed by atoms with E-state index in [4.69, 9.17) is 14.2 Å². The normalized spacial score (nSPS) is 18.0. The number of rotatable bonds is 68. The predicted molar refractivity (Wildman–Crippen MR) is 384 cm³/mol. The number of carbonyl (C=O) groups is 2. The number of ether oxygens (including phenoxy) is 3. The van der Waals surface area contributed by atoms with Crippen molar-refractivity contribution in [3.05, 3.63) is 72.9 Å². The second-order valence-corrected chi connectivity index (χ2v) is 26.7. The van der Waals surface area contributed by atoms with Crippen molar-refractivity contribution in [1.29, 1.82) is 0 Å². The first-order valence-electron chi connectivity index (χ1n) is 38.7. The Morgan fingerprint density at radius 1 is 0.429 bits per heavy atom. The zero-order valence-corrected chi connectivity index (χ0v) is 59.1. The molecule has 1 rings (SSSR count). The quantitative estimate of drug-likeness (QED) is 0.0195. The van der Waals surface area contributed by atoms with Crippen molar-refractivity contribution in [2.75, 3.05) is 19.8 Å². The van der Waals surface area contributed by atoms with Crippen molar-refractivity contribution in [3.63, 3.8) is 0 Å². The maximum Gasteiger partial charge on any atom is 0.305 e. The molecule has 0 aromatic rings. The van der Waals surface area contributed by atoms with Crippen molar-refractivity contribution >= 4 is 11.9 Å². The third-order valence-electron chi connectivity index (χ3n) is 18.1. The van der Waals surface area contributed by atoms with Gasteiger partial charge in [0.25, 0.3) is 0 Å². The molecule has 11 heteroatoms. The molecule has 1 saturated heterocycles. The number of unbranched alkanes of at least 4 members (excludes halogenated alkanes) is 45. The van der Waals surface area contributed by atoms with Gasteiger partial charge in [-0.05, 0) is 110 Å². The Labute approximate surface area is 560 Å². The Bertz CT molecular complexity index is 1740. The monoisotopic (exact) mass is 1280 g/mol. The van der Waals surface area contributed by atoms with Crippen molar-refractivity contribution in [3.8, 4) is 0 Å². The first-order chi connectivity index (χ1) is 44.7. The first-order valence-corrected chi connectivity index (χ1v) is 38.7. The molecule has 0 radical (unpaired) electrons. The second kappa shape index (κ2) is 68.5. The van der Waals surface area contributed by atoms with Crippen LogP contribution in [0.4, 0.5) is 0 Å². The molecule has 530 valence electrons. The third-order valence-corrected chi connectivity index (χ3v) is 18.1. The molecule has 1 heterocycles. The SMILES string of the molecule is C/C=C/CC/C=C/CC/C=C/C(O)C(COC1OC(CO)C(O)C(O)C1O)NC(=O)CCCCCCCCCCCCCCCCCCC/C=C\C/C=C\CCCCCCCCCCCCCOC(=O)CCCCCCCCCCC/C=C\CCCCCCCC. The molecule has 1 aliphatic rings. The molecule has 1 fully saturated rings. The fourth-order valence-electron chi connectivity index (χ4n) is 12.0. The van der Waals surface area contributed by atoms with Gasteiger partial charge in [0.1, 0.15) is 24.4 Å². The maximum atomic E-state index is 13.0. The summed E-state index contributed by atoms with van der Waals surface area (Å²) >= 11 is 0. The van der Waals surface area contributed by atoms with E-state index >= 15 is 0 Å². The van der Waals surface area contributed by atoms with Gasteiger partial charge in [0, 0.05) is 12.8 Å². The predicted octanol–water partition coefficient (Wildman–Crippen LogP) is 20.6. The van der Waals surface area contributed by atoms with Crippen molar-refractivity contribution in [2.45, 2.75) is 403 Å². The van der Waals surface area contributed by atoms with E-state index in [-0.39, 0.29) is 18.5 Å². The van der Waals surface area contributed by atoms with E-state index in [9.17, 15) is 35.1 Å². The molecule has 7 atom stereocenters. The highest BCUT2D eigenvalue weighted by Gasteiger charge is 2.44. The van der Waals surface area contributed by atoms with Gasteiger partial charge in [-0.25, -0.2) is 0 Å². The lowest BCUT2D eigenvalue weighted by Gasteiger charge is -2.40. The molecule has 0 aromatic heterocycles. The van der Waals surface area contributed by atoms with Gasteiger partial charge >= 0.3 is 5.97 Å². The minimum absolute atomic E-state index is 0.00926. The Morgan fingerprint density at radius 3 is 1.22 bits per heavy atom. The lowest BCUT2D eigenvalue weighted by Crippen LogP contribution is -2.60. The highest BCUT2D eigenvalue weighted by molar-refractivity contribution is 5.76. The van der Waals surface area contributed by atoms with E-state index in [0.29, 0.717) is 19.4 Å². The summed E-state index contributed by atoms with van der Waals surface area (Å²) in [6.45, 7) is 4.11. The number of aliphatic hydroxyl groups is 5. The molecule has 7 unspecified atom stereocenters. The largest absolute Gasteiger partial charge is 0.466 e. The van der Waals surface area contributed by atoms with Gasteiger partial charge in [-0.15, -0.1) is 0 Å². The highest BCUT2D eigenvalue weighted by Crippen LogP contribution is 2.23. The van der Waals surface area contributed by atoms with Gasteiger partial charge in [0.05, 0.1) is 32.0 Å². The topological polar surface area (TPSA) is 175 Å². The van der Waals surface area contributed by atoms with E-state index in [1.54, 1.807) is 6.08 Å². The van der Waals surface area contributed by atoms with Crippen LogP contribution in [0.15, 0.2) is 72.9 Å². The summed E-state index contributed by atoms with van der Waals surface area (Å²) in [4.78, 5) is 25.1. The molecule has 1 aliphatic heterocycles. The number of esters is 1. The summed E-state index contributed by atoms with van der Waals surface area (Å²) in [5.74, 6) is -0.188. The zero-order chi connectivity index (χ0) is 65.8. The Kier molecular flexibility index (Phi) is 64.8. The second-order valence-electron chi connectivity index (χ2n) is 26.7. The van der Waals surface area contributed by atoms with Crippen LogP contribution in [0.1, 0.15) is 361 Å². The molecule has 0 aliphatic carbocycles. The average molecular weight is 1280 g/mol. The molecule has 6 N–H and O–H groups in total. The van der Waals surface area contributed by atoms with Crippen LogP contribution in [-0.2, 0) is 23.8 Å². The van der Waals surface area contributed by atoms with Crippen LogP contribution in [0, 0.1) is 0 Å². The average Bonchev–Trinajstić information content (AvgIpc) is 1.82. The Balaban J connectivity index is 1.87. The van der Waals surface area contributed by atoms with Crippen molar-refractivity contribution in [2.24, 2.45) is 0 Å². The van der Waals surface area contributed by atoms with E-state index in [1.807, 2.05) is 19.1 Å². The fraction of sp³-hybridized carbons (Fsp3) is 0.825. The van der Waals surface area contributed by atoms with E-state index < -0.39 is 49.5 Å². The Hall–Kier alpha value is -2.90. The Morgan fingerprint density at radius 2 is 0.791 bits per heavy atom. The lowest BCUT2D eigenvalue weighted by molar-refractivity contribution is -0.302. The van der Waals surface area contributed by atoms with E-state index in [0.717, 1.165) is 70.6 Å². The van der Waals surface area contributed by atoms with Crippen molar-refractivity contribution < 1.29 is 49.3 Å². The third kappa shape index (κ3) is 57.1. The van der Waals surface area contributed by atoms with Crippen LogP contribution >= 0.6 is 0 Å². The number of hydrogen-bond donors (Lipinski definition) is 6. The summed E-state index contributed by atoms with van der Waals surface area (Å²) in [5.41, 5.74) is 0. The highest BCUT2D eigenvalue weighted by atomic mass is 16.7.